The molecular formula is C21H23N5O2. The van der Waals surface area contributed by atoms with E-state index in [0.29, 0.717) is 11.3 Å². The molecule has 1 amide bonds. The summed E-state index contributed by atoms with van der Waals surface area (Å²) in [6.45, 7) is 8.16. The fourth-order valence-electron chi connectivity index (χ4n) is 3.29. The van der Waals surface area contributed by atoms with Crippen molar-refractivity contribution in [3.63, 3.8) is 0 Å². The van der Waals surface area contributed by atoms with Crippen molar-refractivity contribution in [2.75, 3.05) is 0 Å². The summed E-state index contributed by atoms with van der Waals surface area (Å²) in [5.41, 5.74) is 3.55. The standard InChI is InChI=1S/C21H23N5O2/c1-11(2)17-14-9-13(10-22-21(14)28-26-17)20(27)25-18(12(3)4)19-23-15-7-5-6-8-16(15)24-19/h5-12,18H,1-4H3,(H,23,24)(H,25,27)/t18-/m0/s1. The van der Waals surface area contributed by atoms with Gasteiger partial charge in [0.15, 0.2) is 0 Å². The quantitative estimate of drug-likeness (QED) is 0.539. The van der Waals surface area contributed by atoms with Crippen molar-refractivity contribution in [1.82, 2.24) is 25.4 Å². The average Bonchev–Trinajstić information content (AvgIpc) is 3.28. The first-order chi connectivity index (χ1) is 13.4. The van der Waals surface area contributed by atoms with E-state index in [-0.39, 0.29) is 23.8 Å². The van der Waals surface area contributed by atoms with E-state index in [4.69, 9.17) is 4.52 Å². The summed E-state index contributed by atoms with van der Waals surface area (Å²) in [5, 5.41) is 7.93. The van der Waals surface area contributed by atoms with Crippen molar-refractivity contribution < 1.29 is 9.32 Å². The molecule has 0 radical (unpaired) electrons. The van der Waals surface area contributed by atoms with Crippen LogP contribution in [0, 0.1) is 5.92 Å². The van der Waals surface area contributed by atoms with Gasteiger partial charge in [-0.25, -0.2) is 9.97 Å². The second-order valence-corrected chi connectivity index (χ2v) is 7.63. The minimum atomic E-state index is -0.248. The van der Waals surface area contributed by atoms with Crippen LogP contribution in [0.2, 0.25) is 0 Å². The molecule has 144 valence electrons. The molecule has 0 bridgehead atoms. The molecule has 7 nitrogen and oxygen atoms in total. The topological polar surface area (TPSA) is 96.7 Å². The van der Waals surface area contributed by atoms with Crippen molar-refractivity contribution in [1.29, 1.82) is 0 Å². The van der Waals surface area contributed by atoms with Gasteiger partial charge in [-0.3, -0.25) is 4.79 Å². The summed E-state index contributed by atoms with van der Waals surface area (Å²) < 4.78 is 5.26. The highest BCUT2D eigenvalue weighted by atomic mass is 16.5. The van der Waals surface area contributed by atoms with E-state index in [2.05, 4.69) is 39.3 Å². The number of carbonyl (C=O) groups excluding carboxylic acids is 1. The molecule has 0 unspecified atom stereocenters. The smallest absolute Gasteiger partial charge is 0.257 e. The zero-order valence-electron chi connectivity index (χ0n) is 16.4. The lowest BCUT2D eigenvalue weighted by Crippen LogP contribution is -2.32. The van der Waals surface area contributed by atoms with Gasteiger partial charge in [0, 0.05) is 6.20 Å². The van der Waals surface area contributed by atoms with Crippen LogP contribution in [-0.4, -0.2) is 26.0 Å². The number of pyridine rings is 1. The van der Waals surface area contributed by atoms with Gasteiger partial charge in [-0.2, -0.15) is 0 Å². The molecule has 4 rings (SSSR count). The Morgan fingerprint density at radius 3 is 2.68 bits per heavy atom. The second-order valence-electron chi connectivity index (χ2n) is 7.63. The number of aromatic amines is 1. The molecule has 0 saturated heterocycles. The highest BCUT2D eigenvalue weighted by Crippen LogP contribution is 2.26. The fourth-order valence-corrected chi connectivity index (χ4v) is 3.29. The maximum absolute atomic E-state index is 13.0. The Kier molecular flexibility index (Phi) is 4.58. The van der Waals surface area contributed by atoms with E-state index in [1.54, 1.807) is 6.07 Å². The van der Waals surface area contributed by atoms with Crippen LogP contribution in [0.15, 0.2) is 41.1 Å². The average molecular weight is 377 g/mol. The molecule has 28 heavy (non-hydrogen) atoms. The molecular weight excluding hydrogens is 354 g/mol. The van der Waals surface area contributed by atoms with Crippen LogP contribution in [0.5, 0.6) is 0 Å². The maximum Gasteiger partial charge on any atom is 0.257 e. The van der Waals surface area contributed by atoms with E-state index in [1.807, 2.05) is 38.1 Å². The van der Waals surface area contributed by atoms with Crippen LogP contribution in [-0.2, 0) is 0 Å². The third kappa shape index (κ3) is 3.24. The monoisotopic (exact) mass is 377 g/mol. The number of para-hydroxylation sites is 2. The van der Waals surface area contributed by atoms with Crippen molar-refractivity contribution in [2.45, 2.75) is 39.7 Å². The normalized spacial score (nSPS) is 12.9. The van der Waals surface area contributed by atoms with Crippen LogP contribution in [0.3, 0.4) is 0 Å². The minimum absolute atomic E-state index is 0.156. The van der Waals surface area contributed by atoms with Gasteiger partial charge in [0.1, 0.15) is 5.82 Å². The third-order valence-electron chi connectivity index (χ3n) is 4.82. The first-order valence-electron chi connectivity index (χ1n) is 9.45. The summed E-state index contributed by atoms with van der Waals surface area (Å²) in [4.78, 5) is 25.2. The molecule has 1 aromatic carbocycles. The molecule has 0 aliphatic carbocycles. The van der Waals surface area contributed by atoms with Crippen LogP contribution in [0.1, 0.15) is 61.5 Å². The summed E-state index contributed by atoms with van der Waals surface area (Å²) in [6.07, 6.45) is 1.52. The van der Waals surface area contributed by atoms with Gasteiger partial charge in [0.05, 0.1) is 33.7 Å². The lowest BCUT2D eigenvalue weighted by atomic mass is 10.0. The van der Waals surface area contributed by atoms with Crippen molar-refractivity contribution >= 4 is 28.0 Å². The Bertz CT molecular complexity index is 1110. The minimum Gasteiger partial charge on any atom is -0.342 e. The number of rotatable bonds is 5. The van der Waals surface area contributed by atoms with Gasteiger partial charge >= 0.3 is 0 Å². The fraction of sp³-hybridized carbons (Fsp3) is 0.333. The number of carbonyl (C=O) groups is 1. The van der Waals surface area contributed by atoms with Crippen LogP contribution in [0.4, 0.5) is 0 Å². The first-order valence-corrected chi connectivity index (χ1v) is 9.45. The van der Waals surface area contributed by atoms with Gasteiger partial charge in [-0.15, -0.1) is 0 Å². The van der Waals surface area contributed by atoms with Gasteiger partial charge in [-0.05, 0) is 30.0 Å². The number of nitrogens with one attached hydrogen (secondary N) is 2. The number of nitrogens with zero attached hydrogens (tertiary/aromatic N) is 3. The molecule has 0 spiro atoms. The van der Waals surface area contributed by atoms with Crippen molar-refractivity contribution in [3.05, 3.63) is 53.6 Å². The van der Waals surface area contributed by atoms with Crippen LogP contribution < -0.4 is 5.32 Å². The van der Waals surface area contributed by atoms with E-state index in [1.165, 1.54) is 6.20 Å². The molecule has 0 saturated carbocycles. The first kappa shape index (κ1) is 18.2. The van der Waals surface area contributed by atoms with E-state index < -0.39 is 0 Å². The van der Waals surface area contributed by atoms with Gasteiger partial charge in [-0.1, -0.05) is 45.0 Å². The number of imidazole rings is 1. The Morgan fingerprint density at radius 2 is 1.96 bits per heavy atom. The highest BCUT2D eigenvalue weighted by Gasteiger charge is 2.23. The van der Waals surface area contributed by atoms with Gasteiger partial charge in [0.2, 0.25) is 0 Å². The van der Waals surface area contributed by atoms with Crippen molar-refractivity contribution in [3.8, 4) is 0 Å². The molecule has 0 aliphatic heterocycles. The molecule has 3 heterocycles. The number of benzene rings is 1. The highest BCUT2D eigenvalue weighted by molar-refractivity contribution is 5.97. The third-order valence-corrected chi connectivity index (χ3v) is 4.82. The van der Waals surface area contributed by atoms with E-state index in [9.17, 15) is 4.79 Å². The van der Waals surface area contributed by atoms with E-state index in [0.717, 1.165) is 27.9 Å². The zero-order valence-corrected chi connectivity index (χ0v) is 16.4. The number of hydrogen-bond acceptors (Lipinski definition) is 5. The molecule has 0 fully saturated rings. The summed E-state index contributed by atoms with van der Waals surface area (Å²) in [6, 6.07) is 9.37. The number of fused-ring (bicyclic) bond motifs is 2. The van der Waals surface area contributed by atoms with Gasteiger partial charge < -0.3 is 14.8 Å². The second kappa shape index (κ2) is 7.07. The lowest BCUT2D eigenvalue weighted by molar-refractivity contribution is 0.0923. The Hall–Kier alpha value is -3.22. The largest absolute Gasteiger partial charge is 0.342 e. The van der Waals surface area contributed by atoms with E-state index >= 15 is 0 Å². The SMILES string of the molecule is CC(C)c1noc2ncc(C(=O)N[C@H](c3nc4ccccc4[nH]3)C(C)C)cc12. The van der Waals surface area contributed by atoms with Gasteiger partial charge in [0.25, 0.3) is 11.6 Å². The Labute approximate surface area is 162 Å². The zero-order chi connectivity index (χ0) is 19.8. The molecule has 1 atom stereocenters. The van der Waals surface area contributed by atoms with Crippen LogP contribution >= 0.6 is 0 Å². The molecule has 4 aromatic rings. The maximum atomic E-state index is 13.0. The number of aromatic nitrogens is 4. The Balaban J connectivity index is 1.64. The summed E-state index contributed by atoms with van der Waals surface area (Å²) in [5.74, 6) is 0.874. The molecule has 7 heteroatoms. The number of H-pyrrole nitrogens is 1. The lowest BCUT2D eigenvalue weighted by Gasteiger charge is -2.20. The predicted molar refractivity (Wildman–Crippen MR) is 107 cm³/mol. The number of hydrogen-bond donors (Lipinski definition) is 2. The molecule has 0 aliphatic rings. The molecule has 2 N–H and O–H groups in total. The predicted octanol–water partition coefficient (Wildman–Crippen LogP) is 4.35. The van der Waals surface area contributed by atoms with Crippen molar-refractivity contribution in [2.24, 2.45) is 5.92 Å². The summed E-state index contributed by atoms with van der Waals surface area (Å²) >= 11 is 0. The number of amides is 1. The molecule has 3 aromatic heterocycles. The van der Waals surface area contributed by atoms with Crippen LogP contribution in [0.25, 0.3) is 22.1 Å². The summed E-state index contributed by atoms with van der Waals surface area (Å²) in [7, 11) is 0. The Morgan fingerprint density at radius 1 is 1.18 bits per heavy atom.